The Morgan fingerprint density at radius 2 is 1.88 bits per heavy atom. The normalized spacial score (nSPS) is 20.9. The lowest BCUT2D eigenvalue weighted by Crippen LogP contribution is -2.45. The van der Waals surface area contributed by atoms with Gasteiger partial charge >= 0.3 is 0 Å². The Morgan fingerprint density at radius 1 is 1.12 bits per heavy atom. The summed E-state index contributed by atoms with van der Waals surface area (Å²) in [5.74, 6) is 1.50. The molecule has 0 radical (unpaired) electrons. The molecule has 0 amide bonds. The van der Waals surface area contributed by atoms with Crippen LogP contribution in [0.3, 0.4) is 0 Å². The average molecular weight is 231 g/mol. The molecule has 0 N–H and O–H groups in total. The van der Waals surface area contributed by atoms with Crippen LogP contribution in [0.5, 0.6) is 11.5 Å². The van der Waals surface area contributed by atoms with E-state index in [1.54, 1.807) is 0 Å². The molecule has 0 spiro atoms. The first-order valence-electron chi connectivity index (χ1n) is 5.73. The fourth-order valence-electron chi connectivity index (χ4n) is 2.06. The second-order valence-electron chi connectivity index (χ2n) is 4.40. The first kappa shape index (κ1) is 10.4. The summed E-state index contributed by atoms with van der Waals surface area (Å²) in [6.07, 6.45) is 0.885. The molecule has 2 aliphatic rings. The number of fused-ring (bicyclic) bond motifs is 1. The summed E-state index contributed by atoms with van der Waals surface area (Å²) < 4.78 is 16.3. The number of hydrogen-bond donors (Lipinski definition) is 0. The van der Waals surface area contributed by atoms with Gasteiger partial charge in [-0.3, -0.25) is 0 Å². The lowest BCUT2D eigenvalue weighted by molar-refractivity contribution is -0.0298. The monoisotopic (exact) mass is 231 g/mol. The third kappa shape index (κ3) is 1.63. The Labute approximate surface area is 99.7 Å². The van der Waals surface area contributed by atoms with Gasteiger partial charge in [-0.05, 0) is 17.7 Å². The lowest BCUT2D eigenvalue weighted by atomic mass is 9.80. The van der Waals surface area contributed by atoms with Crippen molar-refractivity contribution in [1.82, 2.24) is 0 Å². The van der Waals surface area contributed by atoms with Crippen molar-refractivity contribution in [3.63, 3.8) is 0 Å². The average Bonchev–Trinajstić information content (AvgIpc) is 2.53. The van der Waals surface area contributed by atoms with E-state index in [0.29, 0.717) is 26.4 Å². The molecule has 2 aliphatic heterocycles. The number of nitrogens with zero attached hydrogens (tertiary/aromatic N) is 1. The van der Waals surface area contributed by atoms with E-state index in [1.165, 1.54) is 0 Å². The van der Waals surface area contributed by atoms with Crippen LogP contribution in [0.25, 0.3) is 0 Å². The largest absolute Gasteiger partial charge is 0.490 e. The van der Waals surface area contributed by atoms with Crippen LogP contribution in [0, 0.1) is 11.3 Å². The van der Waals surface area contributed by atoms with Crippen molar-refractivity contribution in [1.29, 1.82) is 5.26 Å². The van der Waals surface area contributed by atoms with Crippen LogP contribution in [0.1, 0.15) is 12.0 Å². The van der Waals surface area contributed by atoms with Gasteiger partial charge in [0.1, 0.15) is 5.41 Å². The van der Waals surface area contributed by atoms with E-state index in [9.17, 15) is 5.26 Å². The predicted molar refractivity (Wildman–Crippen MR) is 60.2 cm³/mol. The number of benzene rings is 1. The number of hydrogen-bond acceptors (Lipinski definition) is 4. The molecular weight excluding hydrogens is 218 g/mol. The Balaban J connectivity index is 1.98. The van der Waals surface area contributed by atoms with Crippen LogP contribution in [0.2, 0.25) is 0 Å². The molecule has 88 valence electrons. The van der Waals surface area contributed by atoms with Gasteiger partial charge in [-0.15, -0.1) is 0 Å². The Hall–Kier alpha value is -1.73. The summed E-state index contributed by atoms with van der Waals surface area (Å²) in [5, 5.41) is 9.25. The Morgan fingerprint density at radius 3 is 2.53 bits per heavy atom. The number of nitriles is 1. The van der Waals surface area contributed by atoms with Crippen LogP contribution < -0.4 is 9.47 Å². The van der Waals surface area contributed by atoms with Gasteiger partial charge in [-0.25, -0.2) is 0 Å². The maximum atomic E-state index is 9.25. The van der Waals surface area contributed by atoms with Crippen LogP contribution in [0.4, 0.5) is 0 Å². The van der Waals surface area contributed by atoms with Crippen molar-refractivity contribution in [3.8, 4) is 17.6 Å². The zero-order valence-corrected chi connectivity index (χ0v) is 9.44. The molecule has 2 heterocycles. The van der Waals surface area contributed by atoms with Gasteiger partial charge in [0.05, 0.1) is 32.5 Å². The van der Waals surface area contributed by atoms with Crippen LogP contribution in [-0.2, 0) is 10.2 Å². The first-order valence-corrected chi connectivity index (χ1v) is 5.73. The van der Waals surface area contributed by atoms with E-state index in [0.717, 1.165) is 23.5 Å². The smallest absolute Gasteiger partial charge is 0.161 e. The SMILES string of the molecule is N#CC1(c2ccc3c(c2)OCCCO3)COC1. The molecule has 0 atom stereocenters. The first-order chi connectivity index (χ1) is 8.34. The van der Waals surface area contributed by atoms with E-state index < -0.39 is 5.41 Å². The van der Waals surface area contributed by atoms with Gasteiger partial charge in [0.15, 0.2) is 11.5 Å². The minimum atomic E-state index is -0.495. The minimum Gasteiger partial charge on any atom is -0.490 e. The van der Waals surface area contributed by atoms with Crippen LogP contribution in [-0.4, -0.2) is 26.4 Å². The molecule has 17 heavy (non-hydrogen) atoms. The summed E-state index contributed by atoms with van der Waals surface area (Å²) in [4.78, 5) is 0. The van der Waals surface area contributed by atoms with E-state index in [4.69, 9.17) is 14.2 Å². The Kier molecular flexibility index (Phi) is 2.41. The zero-order valence-electron chi connectivity index (χ0n) is 9.44. The summed E-state index contributed by atoms with van der Waals surface area (Å²) >= 11 is 0. The van der Waals surface area contributed by atoms with Crippen molar-refractivity contribution in [2.75, 3.05) is 26.4 Å². The highest BCUT2D eigenvalue weighted by molar-refractivity contribution is 5.48. The molecule has 0 aliphatic carbocycles. The van der Waals surface area contributed by atoms with Crippen molar-refractivity contribution in [3.05, 3.63) is 23.8 Å². The molecular formula is C13H13NO3. The maximum absolute atomic E-state index is 9.25. The number of rotatable bonds is 1. The van der Waals surface area contributed by atoms with Crippen LogP contribution >= 0.6 is 0 Å². The van der Waals surface area contributed by atoms with E-state index in [-0.39, 0.29) is 0 Å². The van der Waals surface area contributed by atoms with E-state index in [1.807, 2.05) is 18.2 Å². The van der Waals surface area contributed by atoms with Gasteiger partial charge < -0.3 is 14.2 Å². The summed E-state index contributed by atoms with van der Waals surface area (Å²) in [6, 6.07) is 8.05. The van der Waals surface area contributed by atoms with Crippen molar-refractivity contribution >= 4 is 0 Å². The van der Waals surface area contributed by atoms with Crippen molar-refractivity contribution in [2.45, 2.75) is 11.8 Å². The topological polar surface area (TPSA) is 51.5 Å². The fraction of sp³-hybridized carbons (Fsp3) is 0.462. The molecule has 0 aromatic heterocycles. The quantitative estimate of drug-likeness (QED) is 0.737. The van der Waals surface area contributed by atoms with Crippen molar-refractivity contribution < 1.29 is 14.2 Å². The molecule has 0 bridgehead atoms. The van der Waals surface area contributed by atoms with Crippen molar-refractivity contribution in [2.24, 2.45) is 0 Å². The van der Waals surface area contributed by atoms with Crippen LogP contribution in [0.15, 0.2) is 18.2 Å². The highest BCUT2D eigenvalue weighted by atomic mass is 16.5. The molecule has 4 heteroatoms. The summed E-state index contributed by atoms with van der Waals surface area (Å²) in [6.45, 7) is 2.26. The highest BCUT2D eigenvalue weighted by Gasteiger charge is 2.41. The summed E-state index contributed by atoms with van der Waals surface area (Å²) in [5.41, 5.74) is 0.459. The summed E-state index contributed by atoms with van der Waals surface area (Å²) in [7, 11) is 0. The molecule has 0 unspecified atom stereocenters. The van der Waals surface area contributed by atoms with Gasteiger partial charge in [-0.2, -0.15) is 5.26 Å². The third-order valence-electron chi connectivity index (χ3n) is 3.21. The van der Waals surface area contributed by atoms with Gasteiger partial charge in [0.25, 0.3) is 0 Å². The Bertz CT molecular complexity index is 474. The molecule has 3 rings (SSSR count). The van der Waals surface area contributed by atoms with Gasteiger partial charge in [-0.1, -0.05) is 6.07 Å². The van der Waals surface area contributed by atoms with Gasteiger partial charge in [0.2, 0.25) is 0 Å². The zero-order chi connectivity index (χ0) is 11.7. The number of ether oxygens (including phenoxy) is 3. The van der Waals surface area contributed by atoms with E-state index >= 15 is 0 Å². The predicted octanol–water partition coefficient (Wildman–Crippen LogP) is 1.64. The maximum Gasteiger partial charge on any atom is 0.161 e. The lowest BCUT2D eigenvalue weighted by Gasteiger charge is -2.35. The van der Waals surface area contributed by atoms with Gasteiger partial charge in [0, 0.05) is 6.42 Å². The fourth-order valence-corrected chi connectivity index (χ4v) is 2.06. The third-order valence-corrected chi connectivity index (χ3v) is 3.21. The highest BCUT2D eigenvalue weighted by Crippen LogP contribution is 2.38. The minimum absolute atomic E-state index is 0.461. The molecule has 1 fully saturated rings. The molecule has 4 nitrogen and oxygen atoms in total. The molecule has 1 saturated heterocycles. The molecule has 1 aromatic rings. The molecule has 1 aromatic carbocycles. The van der Waals surface area contributed by atoms with E-state index in [2.05, 4.69) is 6.07 Å². The second kappa shape index (κ2) is 3.94. The molecule has 0 saturated carbocycles. The second-order valence-corrected chi connectivity index (χ2v) is 4.40. The standard InChI is InChI=1S/C13H13NO3/c14-7-13(8-15-9-13)10-2-3-11-12(6-10)17-5-1-4-16-11/h2-3,6H,1,4-5,8-9H2.